The molecule has 2 heterocycles. The normalized spacial score (nSPS) is 21.6. The van der Waals surface area contributed by atoms with Gasteiger partial charge in [0, 0.05) is 37.8 Å². The number of hydrogen-bond acceptors (Lipinski definition) is 6. The SMILES string of the molecule is C[C@H]1CN(c2cc(NC3CC3)ncn2)CCN1C(=O)OC(C)(C)C. The Hall–Kier alpha value is -2.05. The van der Waals surface area contributed by atoms with Crippen molar-refractivity contribution in [1.29, 1.82) is 0 Å². The number of hydrogen-bond donors (Lipinski definition) is 1. The average Bonchev–Trinajstić information content (AvgIpc) is 3.29. The van der Waals surface area contributed by atoms with E-state index in [0.717, 1.165) is 24.7 Å². The molecule has 2 fully saturated rings. The van der Waals surface area contributed by atoms with E-state index in [4.69, 9.17) is 4.74 Å². The third-order valence-electron chi connectivity index (χ3n) is 4.16. The van der Waals surface area contributed by atoms with Gasteiger partial charge in [-0.1, -0.05) is 0 Å². The van der Waals surface area contributed by atoms with Gasteiger partial charge < -0.3 is 19.9 Å². The predicted octanol–water partition coefficient (Wildman–Crippen LogP) is 2.50. The van der Waals surface area contributed by atoms with E-state index in [-0.39, 0.29) is 12.1 Å². The first-order valence-electron chi connectivity index (χ1n) is 8.65. The van der Waals surface area contributed by atoms with Crippen molar-refractivity contribution in [2.45, 2.75) is 58.2 Å². The van der Waals surface area contributed by atoms with Gasteiger partial charge in [-0.2, -0.15) is 0 Å². The van der Waals surface area contributed by atoms with Gasteiger partial charge in [-0.15, -0.1) is 0 Å². The average molecular weight is 333 g/mol. The Kier molecular flexibility index (Phi) is 4.51. The first-order chi connectivity index (χ1) is 11.3. The van der Waals surface area contributed by atoms with Gasteiger partial charge in [0.2, 0.25) is 0 Å². The van der Waals surface area contributed by atoms with E-state index in [0.29, 0.717) is 12.6 Å². The molecule has 1 N–H and O–H groups in total. The molecule has 1 aliphatic carbocycles. The highest BCUT2D eigenvalue weighted by atomic mass is 16.6. The molecule has 1 saturated heterocycles. The second-order valence-corrected chi connectivity index (χ2v) is 7.65. The number of rotatable bonds is 3. The molecule has 132 valence electrons. The minimum absolute atomic E-state index is 0.0726. The van der Waals surface area contributed by atoms with E-state index in [9.17, 15) is 4.79 Å². The van der Waals surface area contributed by atoms with E-state index in [1.54, 1.807) is 11.2 Å². The van der Waals surface area contributed by atoms with Crippen molar-refractivity contribution < 1.29 is 9.53 Å². The maximum absolute atomic E-state index is 12.3. The highest BCUT2D eigenvalue weighted by Gasteiger charge is 2.31. The lowest BCUT2D eigenvalue weighted by molar-refractivity contribution is 0.0158. The van der Waals surface area contributed by atoms with Crippen molar-refractivity contribution in [2.75, 3.05) is 29.9 Å². The molecule has 7 heteroatoms. The van der Waals surface area contributed by atoms with E-state index >= 15 is 0 Å². The van der Waals surface area contributed by atoms with Crippen LogP contribution in [0, 0.1) is 0 Å². The number of anilines is 2. The smallest absolute Gasteiger partial charge is 0.410 e. The van der Waals surface area contributed by atoms with Gasteiger partial charge >= 0.3 is 6.09 Å². The molecule has 0 spiro atoms. The van der Waals surface area contributed by atoms with E-state index in [2.05, 4.69) is 20.2 Å². The number of nitrogens with zero attached hydrogens (tertiary/aromatic N) is 4. The molecule has 0 bridgehead atoms. The van der Waals surface area contributed by atoms with Crippen LogP contribution in [-0.2, 0) is 4.74 Å². The molecule has 1 saturated carbocycles. The zero-order valence-electron chi connectivity index (χ0n) is 15.0. The summed E-state index contributed by atoms with van der Waals surface area (Å²) in [5, 5.41) is 3.40. The topological polar surface area (TPSA) is 70.6 Å². The molecule has 0 radical (unpaired) electrons. The number of aromatic nitrogens is 2. The zero-order valence-corrected chi connectivity index (χ0v) is 15.0. The number of carbonyl (C=O) groups is 1. The molecule has 1 amide bonds. The fourth-order valence-electron chi connectivity index (χ4n) is 2.79. The zero-order chi connectivity index (χ0) is 17.3. The quantitative estimate of drug-likeness (QED) is 0.916. The first-order valence-corrected chi connectivity index (χ1v) is 8.65. The van der Waals surface area contributed by atoms with Gasteiger partial charge in [-0.05, 0) is 40.5 Å². The number of amides is 1. The van der Waals surface area contributed by atoms with E-state index in [1.807, 2.05) is 33.8 Å². The maximum atomic E-state index is 12.3. The van der Waals surface area contributed by atoms with Crippen LogP contribution >= 0.6 is 0 Å². The molecule has 0 unspecified atom stereocenters. The lowest BCUT2D eigenvalue weighted by Gasteiger charge is -2.40. The molecule has 2 aliphatic rings. The summed E-state index contributed by atoms with van der Waals surface area (Å²) in [6.07, 6.45) is 3.79. The summed E-state index contributed by atoms with van der Waals surface area (Å²) in [4.78, 5) is 25.0. The second kappa shape index (κ2) is 6.45. The highest BCUT2D eigenvalue weighted by Crippen LogP contribution is 2.25. The van der Waals surface area contributed by atoms with Crippen molar-refractivity contribution in [3.05, 3.63) is 12.4 Å². The standard InChI is InChI=1S/C17H27N5O2/c1-12-10-21(7-8-22(12)16(23)24-17(2,3)4)15-9-14(18-11-19-15)20-13-5-6-13/h9,11-13H,5-8,10H2,1-4H3,(H,18,19,20)/t12-/m0/s1. The maximum Gasteiger partial charge on any atom is 0.410 e. The minimum atomic E-state index is -0.468. The van der Waals surface area contributed by atoms with Crippen LogP contribution in [0.1, 0.15) is 40.5 Å². The summed E-state index contributed by atoms with van der Waals surface area (Å²) in [7, 11) is 0. The van der Waals surface area contributed by atoms with E-state index in [1.165, 1.54) is 12.8 Å². The highest BCUT2D eigenvalue weighted by molar-refractivity contribution is 5.69. The summed E-state index contributed by atoms with van der Waals surface area (Å²) in [6.45, 7) is 9.82. The number of carbonyl (C=O) groups excluding carboxylic acids is 1. The van der Waals surface area contributed by atoms with Crippen molar-refractivity contribution >= 4 is 17.7 Å². The molecule has 1 aromatic heterocycles. The van der Waals surface area contributed by atoms with Gasteiger partial charge in [0.15, 0.2) is 0 Å². The Morgan fingerprint density at radius 1 is 1.29 bits per heavy atom. The molecule has 1 aromatic rings. The summed E-state index contributed by atoms with van der Waals surface area (Å²) < 4.78 is 5.49. The van der Waals surface area contributed by atoms with Crippen molar-refractivity contribution in [2.24, 2.45) is 0 Å². The third kappa shape index (κ3) is 4.27. The van der Waals surface area contributed by atoms with Crippen LogP contribution in [0.2, 0.25) is 0 Å². The van der Waals surface area contributed by atoms with Gasteiger partial charge in [0.05, 0.1) is 0 Å². The van der Waals surface area contributed by atoms with Gasteiger partial charge in [-0.25, -0.2) is 14.8 Å². The number of nitrogens with one attached hydrogen (secondary N) is 1. The first kappa shape index (κ1) is 16.8. The summed E-state index contributed by atoms with van der Waals surface area (Å²) in [5.74, 6) is 1.79. The van der Waals surface area contributed by atoms with Crippen molar-refractivity contribution in [3.63, 3.8) is 0 Å². The Balaban J connectivity index is 1.61. The molecule has 0 aromatic carbocycles. The van der Waals surface area contributed by atoms with Crippen LogP contribution in [-0.4, -0.2) is 58.3 Å². The van der Waals surface area contributed by atoms with Gasteiger partial charge in [-0.3, -0.25) is 0 Å². The molecular formula is C17H27N5O2. The van der Waals surface area contributed by atoms with Crippen LogP contribution in [0.5, 0.6) is 0 Å². The molecule has 3 rings (SSSR count). The fraction of sp³-hybridized carbons (Fsp3) is 0.706. The van der Waals surface area contributed by atoms with Crippen molar-refractivity contribution in [1.82, 2.24) is 14.9 Å². The number of ether oxygens (including phenoxy) is 1. The molecule has 7 nitrogen and oxygen atoms in total. The Bertz CT molecular complexity index is 597. The molecule has 1 aliphatic heterocycles. The monoisotopic (exact) mass is 333 g/mol. The van der Waals surface area contributed by atoms with Crippen LogP contribution in [0.15, 0.2) is 12.4 Å². The number of piperazine rings is 1. The van der Waals surface area contributed by atoms with E-state index < -0.39 is 5.60 Å². The van der Waals surface area contributed by atoms with Crippen LogP contribution < -0.4 is 10.2 Å². The summed E-state index contributed by atoms with van der Waals surface area (Å²) in [5.41, 5.74) is -0.468. The van der Waals surface area contributed by atoms with Crippen LogP contribution in [0.25, 0.3) is 0 Å². The minimum Gasteiger partial charge on any atom is -0.444 e. The third-order valence-corrected chi connectivity index (χ3v) is 4.16. The van der Waals surface area contributed by atoms with Gasteiger partial charge in [0.25, 0.3) is 0 Å². The Labute approximate surface area is 143 Å². The van der Waals surface area contributed by atoms with Crippen LogP contribution in [0.3, 0.4) is 0 Å². The largest absolute Gasteiger partial charge is 0.444 e. The lowest BCUT2D eigenvalue weighted by Crippen LogP contribution is -2.55. The Morgan fingerprint density at radius 2 is 2.04 bits per heavy atom. The fourth-order valence-corrected chi connectivity index (χ4v) is 2.79. The predicted molar refractivity (Wildman–Crippen MR) is 93.3 cm³/mol. The molecule has 24 heavy (non-hydrogen) atoms. The second-order valence-electron chi connectivity index (χ2n) is 7.65. The lowest BCUT2D eigenvalue weighted by atomic mass is 10.2. The molecular weight excluding hydrogens is 306 g/mol. The summed E-state index contributed by atoms with van der Waals surface area (Å²) in [6, 6.07) is 2.63. The van der Waals surface area contributed by atoms with Crippen molar-refractivity contribution in [3.8, 4) is 0 Å². The Morgan fingerprint density at radius 3 is 2.67 bits per heavy atom. The molecule has 1 atom stereocenters. The van der Waals surface area contributed by atoms with Gasteiger partial charge in [0.1, 0.15) is 23.6 Å². The van der Waals surface area contributed by atoms with Crippen LogP contribution in [0.4, 0.5) is 16.4 Å². The summed E-state index contributed by atoms with van der Waals surface area (Å²) >= 11 is 0.